The first kappa shape index (κ1) is 20.1. The van der Waals surface area contributed by atoms with Gasteiger partial charge in [0.2, 0.25) is 0 Å². The van der Waals surface area contributed by atoms with E-state index in [9.17, 15) is 0 Å². The van der Waals surface area contributed by atoms with Crippen LogP contribution >= 0.6 is 0 Å². The normalized spacial score (nSPS) is 15.2. The van der Waals surface area contributed by atoms with Gasteiger partial charge in [-0.15, -0.1) is 0 Å². The number of rotatable bonds is 9. The molecule has 0 saturated carbocycles. The van der Waals surface area contributed by atoms with Crippen LogP contribution in [0.25, 0.3) is 0 Å². The van der Waals surface area contributed by atoms with Crippen molar-refractivity contribution >= 4 is 8.32 Å². The number of hydrogen-bond donors (Lipinski definition) is 1. The second kappa shape index (κ2) is 8.55. The van der Waals surface area contributed by atoms with E-state index in [1.54, 1.807) is 0 Å². The van der Waals surface area contributed by atoms with Crippen molar-refractivity contribution in [3.63, 3.8) is 0 Å². The Labute approximate surface area is 129 Å². The highest BCUT2D eigenvalue weighted by Crippen LogP contribution is 2.36. The van der Waals surface area contributed by atoms with Crippen molar-refractivity contribution in [3.8, 4) is 0 Å². The minimum Gasteiger partial charge on any atom is -0.417 e. The van der Waals surface area contributed by atoms with Crippen molar-refractivity contribution in [3.05, 3.63) is 0 Å². The van der Waals surface area contributed by atoms with Crippen LogP contribution in [0, 0.1) is 5.92 Å². The second-order valence-corrected chi connectivity index (χ2v) is 13.2. The lowest BCUT2D eigenvalue weighted by Gasteiger charge is -2.36. The van der Waals surface area contributed by atoms with Crippen LogP contribution in [0.1, 0.15) is 67.7 Å². The molecule has 0 saturated heterocycles. The van der Waals surface area contributed by atoms with E-state index in [0.29, 0.717) is 17.1 Å². The SMILES string of the molecule is CC(C)C[C@@H](CCCO[Si](C)(C)C(C)(C)C)NC(C)C. The van der Waals surface area contributed by atoms with Crippen LogP contribution in [0.15, 0.2) is 0 Å². The molecule has 0 heterocycles. The smallest absolute Gasteiger partial charge is 0.191 e. The van der Waals surface area contributed by atoms with Gasteiger partial charge in [0.1, 0.15) is 0 Å². The Morgan fingerprint density at radius 1 is 1.05 bits per heavy atom. The molecule has 0 radical (unpaired) electrons. The van der Waals surface area contributed by atoms with Crippen molar-refractivity contribution in [2.24, 2.45) is 5.92 Å². The molecule has 0 aliphatic heterocycles. The van der Waals surface area contributed by atoms with Crippen molar-refractivity contribution in [1.82, 2.24) is 5.32 Å². The fraction of sp³-hybridized carbons (Fsp3) is 1.00. The zero-order valence-electron chi connectivity index (χ0n) is 15.5. The van der Waals surface area contributed by atoms with Gasteiger partial charge in [-0.05, 0) is 43.3 Å². The van der Waals surface area contributed by atoms with Crippen LogP contribution in [0.5, 0.6) is 0 Å². The van der Waals surface area contributed by atoms with Gasteiger partial charge in [-0.2, -0.15) is 0 Å². The van der Waals surface area contributed by atoms with Gasteiger partial charge >= 0.3 is 0 Å². The van der Waals surface area contributed by atoms with Crippen LogP contribution in [0.4, 0.5) is 0 Å². The first-order valence-electron chi connectivity index (χ1n) is 8.35. The van der Waals surface area contributed by atoms with Gasteiger partial charge in [0.15, 0.2) is 8.32 Å². The summed E-state index contributed by atoms with van der Waals surface area (Å²) >= 11 is 0. The van der Waals surface area contributed by atoms with Gasteiger partial charge in [-0.3, -0.25) is 0 Å². The maximum atomic E-state index is 6.27. The summed E-state index contributed by atoms with van der Waals surface area (Å²) in [6.45, 7) is 21.6. The summed E-state index contributed by atoms with van der Waals surface area (Å²) in [7, 11) is -1.56. The lowest BCUT2D eigenvalue weighted by molar-refractivity contribution is 0.262. The molecule has 1 N–H and O–H groups in total. The molecule has 2 nitrogen and oxygen atoms in total. The zero-order valence-corrected chi connectivity index (χ0v) is 16.5. The second-order valence-electron chi connectivity index (χ2n) is 8.40. The largest absolute Gasteiger partial charge is 0.417 e. The Morgan fingerprint density at radius 2 is 1.60 bits per heavy atom. The monoisotopic (exact) mass is 301 g/mol. The van der Waals surface area contributed by atoms with Gasteiger partial charge < -0.3 is 9.74 Å². The Hall–Kier alpha value is 0.137. The molecule has 20 heavy (non-hydrogen) atoms. The topological polar surface area (TPSA) is 21.3 Å². The summed E-state index contributed by atoms with van der Waals surface area (Å²) in [5.41, 5.74) is 0. The van der Waals surface area contributed by atoms with E-state index >= 15 is 0 Å². The first-order valence-corrected chi connectivity index (χ1v) is 11.3. The molecule has 1 atom stereocenters. The molecule has 0 aromatic heterocycles. The molecule has 0 unspecified atom stereocenters. The van der Waals surface area contributed by atoms with Crippen LogP contribution < -0.4 is 5.32 Å². The minimum absolute atomic E-state index is 0.320. The molecule has 0 fully saturated rings. The van der Waals surface area contributed by atoms with E-state index in [4.69, 9.17) is 4.43 Å². The third-order valence-electron chi connectivity index (χ3n) is 4.29. The quantitative estimate of drug-likeness (QED) is 0.467. The van der Waals surface area contributed by atoms with Crippen molar-refractivity contribution in [2.45, 2.75) is 97.9 Å². The number of nitrogens with one attached hydrogen (secondary N) is 1. The summed E-state index contributed by atoms with van der Waals surface area (Å²) in [6, 6.07) is 1.21. The van der Waals surface area contributed by atoms with Gasteiger partial charge in [-0.1, -0.05) is 48.5 Å². The predicted molar refractivity (Wildman–Crippen MR) is 93.9 cm³/mol. The molecule has 0 amide bonds. The van der Waals surface area contributed by atoms with E-state index in [1.165, 1.54) is 19.3 Å². The van der Waals surface area contributed by atoms with E-state index in [1.807, 2.05) is 0 Å². The highest BCUT2D eigenvalue weighted by molar-refractivity contribution is 6.74. The van der Waals surface area contributed by atoms with Gasteiger partial charge in [-0.25, -0.2) is 0 Å². The Bertz CT molecular complexity index is 246. The highest BCUT2D eigenvalue weighted by atomic mass is 28.4. The van der Waals surface area contributed by atoms with Gasteiger partial charge in [0, 0.05) is 18.7 Å². The standard InChI is InChI=1S/C17H39NOSi/c1-14(2)13-16(18-15(3)4)11-10-12-19-20(8,9)17(5,6)7/h14-16,18H,10-13H2,1-9H3/t16-/m1/s1. The minimum atomic E-state index is -1.56. The summed E-state index contributed by atoms with van der Waals surface area (Å²) in [5, 5.41) is 4.01. The van der Waals surface area contributed by atoms with E-state index in [2.05, 4.69) is 66.9 Å². The lowest BCUT2D eigenvalue weighted by atomic mass is 9.99. The Balaban J connectivity index is 4.12. The fourth-order valence-corrected chi connectivity index (χ4v) is 3.27. The molecule has 0 rings (SSSR count). The third kappa shape index (κ3) is 8.43. The number of hydrogen-bond acceptors (Lipinski definition) is 2. The summed E-state index contributed by atoms with van der Waals surface area (Å²) in [5.74, 6) is 0.757. The molecule has 3 heteroatoms. The molecule has 0 spiro atoms. The van der Waals surface area contributed by atoms with Crippen LogP contribution in [-0.2, 0) is 4.43 Å². The Morgan fingerprint density at radius 3 is 2.00 bits per heavy atom. The van der Waals surface area contributed by atoms with Gasteiger partial charge in [0.25, 0.3) is 0 Å². The average molecular weight is 302 g/mol. The molecule has 0 bridgehead atoms. The molecule has 0 aliphatic rings. The molecule has 0 aliphatic carbocycles. The van der Waals surface area contributed by atoms with Gasteiger partial charge in [0.05, 0.1) is 0 Å². The maximum absolute atomic E-state index is 6.27. The van der Waals surface area contributed by atoms with Crippen LogP contribution in [0.2, 0.25) is 18.1 Å². The van der Waals surface area contributed by atoms with Crippen molar-refractivity contribution in [1.29, 1.82) is 0 Å². The Kier molecular flexibility index (Phi) is 8.61. The van der Waals surface area contributed by atoms with E-state index in [-0.39, 0.29) is 0 Å². The molecule has 122 valence electrons. The highest BCUT2D eigenvalue weighted by Gasteiger charge is 2.36. The molecule has 0 aromatic carbocycles. The molecular weight excluding hydrogens is 262 g/mol. The summed E-state index contributed by atoms with van der Waals surface area (Å²) in [6.07, 6.45) is 3.66. The average Bonchev–Trinajstić information content (AvgIpc) is 2.20. The van der Waals surface area contributed by atoms with E-state index in [0.717, 1.165) is 12.5 Å². The van der Waals surface area contributed by atoms with E-state index < -0.39 is 8.32 Å². The van der Waals surface area contributed by atoms with Crippen molar-refractivity contribution < 1.29 is 4.43 Å². The predicted octanol–water partition coefficient (Wildman–Crippen LogP) is 5.20. The zero-order chi connectivity index (χ0) is 16.0. The fourth-order valence-electron chi connectivity index (χ4n) is 2.18. The van der Waals surface area contributed by atoms with Crippen LogP contribution in [-0.4, -0.2) is 27.0 Å². The van der Waals surface area contributed by atoms with Crippen LogP contribution in [0.3, 0.4) is 0 Å². The lowest BCUT2D eigenvalue weighted by Crippen LogP contribution is -2.41. The van der Waals surface area contributed by atoms with Crippen molar-refractivity contribution in [2.75, 3.05) is 6.61 Å². The first-order chi connectivity index (χ1) is 8.95. The third-order valence-corrected chi connectivity index (χ3v) is 8.83. The summed E-state index contributed by atoms with van der Waals surface area (Å²) < 4.78 is 6.27. The summed E-state index contributed by atoms with van der Waals surface area (Å²) in [4.78, 5) is 0. The molecule has 0 aromatic rings. The molecular formula is C17H39NOSi. The maximum Gasteiger partial charge on any atom is 0.191 e.